The van der Waals surface area contributed by atoms with Crippen molar-refractivity contribution >= 4 is 29.1 Å². The molecule has 3 rings (SSSR count). The van der Waals surface area contributed by atoms with E-state index in [-0.39, 0.29) is 0 Å². The van der Waals surface area contributed by atoms with Crippen LogP contribution in [-0.2, 0) is 11.2 Å². The highest BCUT2D eigenvalue weighted by Gasteiger charge is 2.10. The first-order chi connectivity index (χ1) is 10.7. The van der Waals surface area contributed by atoms with Gasteiger partial charge in [0.2, 0.25) is 0 Å². The molecule has 0 spiro atoms. The highest BCUT2D eigenvalue weighted by molar-refractivity contribution is 5.80. The third-order valence-electron chi connectivity index (χ3n) is 3.68. The monoisotopic (exact) mass is 294 g/mol. The van der Waals surface area contributed by atoms with Gasteiger partial charge in [0.1, 0.15) is 11.8 Å². The van der Waals surface area contributed by atoms with Crippen LogP contribution in [0.25, 0.3) is 11.1 Å². The van der Waals surface area contributed by atoms with Gasteiger partial charge in [0.15, 0.2) is 5.58 Å². The van der Waals surface area contributed by atoms with Crippen LogP contribution in [0.3, 0.4) is 0 Å². The minimum Gasteiger partial charge on any atom is -0.423 e. The Bertz CT molecular complexity index is 821. The smallest absolute Gasteiger partial charge is 0.300 e. The summed E-state index contributed by atoms with van der Waals surface area (Å²) < 4.78 is 5.82. The molecule has 22 heavy (non-hydrogen) atoms. The molecule has 0 amide bonds. The predicted octanol–water partition coefficient (Wildman–Crippen LogP) is 4.32. The lowest BCUT2D eigenvalue weighted by molar-refractivity contribution is -0.107. The first-order valence-corrected chi connectivity index (χ1v) is 7.34. The summed E-state index contributed by atoms with van der Waals surface area (Å²) in [6.07, 6.45) is 2.18. The summed E-state index contributed by atoms with van der Waals surface area (Å²) in [6, 6.07) is 12.5. The van der Waals surface area contributed by atoms with E-state index in [1.165, 1.54) is 0 Å². The normalized spacial score (nSPS) is 10.8. The third kappa shape index (κ3) is 2.86. The highest BCUT2D eigenvalue weighted by Crippen LogP contribution is 2.27. The molecule has 0 aliphatic carbocycles. The Balaban J connectivity index is 1.94. The van der Waals surface area contributed by atoms with Crippen LogP contribution in [0.4, 0.5) is 11.7 Å². The molecule has 0 atom stereocenters. The van der Waals surface area contributed by atoms with E-state index >= 15 is 0 Å². The van der Waals surface area contributed by atoms with E-state index in [1.54, 1.807) is 0 Å². The van der Waals surface area contributed by atoms with Gasteiger partial charge in [-0.25, -0.2) is 0 Å². The molecule has 1 N–H and O–H groups in total. The summed E-state index contributed by atoms with van der Waals surface area (Å²) in [5.74, 6) is 0. The van der Waals surface area contributed by atoms with Gasteiger partial charge in [-0.3, -0.25) is 0 Å². The average Bonchev–Trinajstić information content (AvgIpc) is 2.91. The molecule has 1 aromatic heterocycles. The number of fused-ring (bicyclic) bond motifs is 1. The van der Waals surface area contributed by atoms with Crippen molar-refractivity contribution < 1.29 is 9.21 Å². The molecule has 0 bridgehead atoms. The number of nitrogens with zero attached hydrogens (tertiary/aromatic N) is 1. The van der Waals surface area contributed by atoms with Gasteiger partial charge < -0.3 is 14.5 Å². The largest absolute Gasteiger partial charge is 0.423 e. The number of hydrogen-bond donors (Lipinski definition) is 1. The van der Waals surface area contributed by atoms with Crippen LogP contribution in [0, 0.1) is 13.8 Å². The number of carbonyl (C=O) groups is 1. The third-order valence-corrected chi connectivity index (χ3v) is 3.68. The SMILES string of the molecule is Cc1ccccc1Nc1nc2c(C)cc(CCC=O)cc2o1. The van der Waals surface area contributed by atoms with E-state index in [9.17, 15) is 4.79 Å². The number of benzene rings is 2. The highest BCUT2D eigenvalue weighted by atomic mass is 16.4. The minimum absolute atomic E-state index is 0.486. The van der Waals surface area contributed by atoms with E-state index in [0.29, 0.717) is 12.4 Å². The maximum Gasteiger partial charge on any atom is 0.300 e. The van der Waals surface area contributed by atoms with Crippen molar-refractivity contribution in [1.82, 2.24) is 4.98 Å². The van der Waals surface area contributed by atoms with Crippen molar-refractivity contribution in [2.75, 3.05) is 5.32 Å². The molecule has 4 nitrogen and oxygen atoms in total. The fourth-order valence-electron chi connectivity index (χ4n) is 2.52. The lowest BCUT2D eigenvalue weighted by atomic mass is 10.1. The molecule has 4 heteroatoms. The molecular weight excluding hydrogens is 276 g/mol. The minimum atomic E-state index is 0.486. The summed E-state index contributed by atoms with van der Waals surface area (Å²) in [6.45, 7) is 4.04. The van der Waals surface area contributed by atoms with Crippen molar-refractivity contribution in [3.8, 4) is 0 Å². The maximum atomic E-state index is 10.5. The number of aryl methyl sites for hydroxylation is 3. The van der Waals surface area contributed by atoms with Gasteiger partial charge in [0, 0.05) is 12.1 Å². The average molecular weight is 294 g/mol. The predicted molar refractivity (Wildman–Crippen MR) is 87.6 cm³/mol. The molecule has 0 fully saturated rings. The molecule has 1 heterocycles. The fourth-order valence-corrected chi connectivity index (χ4v) is 2.52. The van der Waals surface area contributed by atoms with E-state index < -0.39 is 0 Å². The molecule has 2 aromatic carbocycles. The molecule has 0 radical (unpaired) electrons. The Labute approximate surface area is 129 Å². The first kappa shape index (κ1) is 14.3. The number of rotatable bonds is 5. The first-order valence-electron chi connectivity index (χ1n) is 7.34. The van der Waals surface area contributed by atoms with Crippen molar-refractivity contribution in [2.45, 2.75) is 26.7 Å². The zero-order valence-corrected chi connectivity index (χ0v) is 12.7. The van der Waals surface area contributed by atoms with E-state index in [2.05, 4.69) is 16.4 Å². The summed E-state index contributed by atoms with van der Waals surface area (Å²) >= 11 is 0. The van der Waals surface area contributed by atoms with Crippen LogP contribution in [0.5, 0.6) is 0 Å². The topological polar surface area (TPSA) is 55.1 Å². The Hall–Kier alpha value is -2.62. The molecule has 0 saturated carbocycles. The number of nitrogens with one attached hydrogen (secondary N) is 1. The molecule has 0 aliphatic heterocycles. The molecule has 0 unspecified atom stereocenters. The second-order valence-electron chi connectivity index (χ2n) is 5.42. The van der Waals surface area contributed by atoms with Crippen molar-refractivity contribution in [3.63, 3.8) is 0 Å². The summed E-state index contributed by atoms with van der Waals surface area (Å²) in [5, 5.41) is 3.22. The lowest BCUT2D eigenvalue weighted by Crippen LogP contribution is -1.92. The van der Waals surface area contributed by atoms with Gasteiger partial charge in [-0.1, -0.05) is 24.3 Å². The number of anilines is 2. The summed E-state index contributed by atoms with van der Waals surface area (Å²) in [5.41, 5.74) is 5.86. The zero-order chi connectivity index (χ0) is 15.5. The van der Waals surface area contributed by atoms with Crippen molar-refractivity contribution in [3.05, 3.63) is 53.1 Å². The molecule has 112 valence electrons. The second-order valence-corrected chi connectivity index (χ2v) is 5.42. The zero-order valence-electron chi connectivity index (χ0n) is 12.7. The van der Waals surface area contributed by atoms with Crippen LogP contribution in [-0.4, -0.2) is 11.3 Å². The van der Waals surface area contributed by atoms with Gasteiger partial charge in [-0.2, -0.15) is 4.98 Å². The van der Waals surface area contributed by atoms with Gasteiger partial charge in [-0.15, -0.1) is 0 Å². The molecule has 0 aliphatic rings. The van der Waals surface area contributed by atoms with Crippen LogP contribution >= 0.6 is 0 Å². The number of para-hydroxylation sites is 1. The molecular formula is C18H18N2O2. The fraction of sp³-hybridized carbons (Fsp3) is 0.222. The van der Waals surface area contributed by atoms with Crippen LogP contribution < -0.4 is 5.32 Å². The number of aromatic nitrogens is 1. The van der Waals surface area contributed by atoms with Crippen LogP contribution in [0.2, 0.25) is 0 Å². The van der Waals surface area contributed by atoms with Crippen LogP contribution in [0.15, 0.2) is 40.8 Å². The van der Waals surface area contributed by atoms with Crippen molar-refractivity contribution in [1.29, 1.82) is 0 Å². The summed E-state index contributed by atoms with van der Waals surface area (Å²) in [4.78, 5) is 15.0. The second kappa shape index (κ2) is 6.02. The Morgan fingerprint density at radius 3 is 2.77 bits per heavy atom. The molecule has 0 saturated heterocycles. The van der Waals surface area contributed by atoms with E-state index in [4.69, 9.17) is 4.42 Å². The summed E-state index contributed by atoms with van der Waals surface area (Å²) in [7, 11) is 0. The van der Waals surface area contributed by atoms with E-state index in [1.807, 2.05) is 44.2 Å². The maximum absolute atomic E-state index is 10.5. The van der Waals surface area contributed by atoms with E-state index in [0.717, 1.165) is 46.2 Å². The van der Waals surface area contributed by atoms with Gasteiger partial charge in [0.05, 0.1) is 0 Å². The standard InChI is InChI=1S/C18H18N2O2/c1-12-6-3-4-8-15(12)19-18-20-17-13(2)10-14(7-5-9-21)11-16(17)22-18/h3-4,6,8-11H,5,7H2,1-2H3,(H,19,20). The van der Waals surface area contributed by atoms with Gasteiger partial charge >= 0.3 is 0 Å². The number of oxazole rings is 1. The van der Waals surface area contributed by atoms with Crippen molar-refractivity contribution in [2.24, 2.45) is 0 Å². The number of carbonyl (C=O) groups excluding carboxylic acids is 1. The van der Waals surface area contributed by atoms with Crippen LogP contribution in [0.1, 0.15) is 23.1 Å². The van der Waals surface area contributed by atoms with Gasteiger partial charge in [-0.05, 0) is 49.1 Å². The number of hydrogen-bond acceptors (Lipinski definition) is 4. The Kier molecular flexibility index (Phi) is 3.92. The Morgan fingerprint density at radius 1 is 1.18 bits per heavy atom. The molecule has 3 aromatic rings. The quantitative estimate of drug-likeness (QED) is 0.712. The number of aldehydes is 1. The Morgan fingerprint density at radius 2 is 2.00 bits per heavy atom. The lowest BCUT2D eigenvalue weighted by Gasteiger charge is -2.04. The van der Waals surface area contributed by atoms with Gasteiger partial charge in [0.25, 0.3) is 6.01 Å².